The van der Waals surface area contributed by atoms with Crippen molar-refractivity contribution in [3.63, 3.8) is 0 Å². The van der Waals surface area contributed by atoms with Gasteiger partial charge in [-0.05, 0) is 61.6 Å². The Morgan fingerprint density at radius 3 is 2.31 bits per heavy atom. The lowest BCUT2D eigenvalue weighted by Gasteiger charge is -2.37. The Balaban J connectivity index is 1.38. The van der Waals surface area contributed by atoms with Gasteiger partial charge in [0.05, 0.1) is 11.8 Å². The molecule has 0 unspecified atom stereocenters. The third-order valence-corrected chi connectivity index (χ3v) is 6.75. The molecule has 2 saturated carbocycles. The fraction of sp³-hybridized carbons (Fsp3) is 0.476. The van der Waals surface area contributed by atoms with Gasteiger partial charge in [0.25, 0.3) is 0 Å². The van der Waals surface area contributed by atoms with E-state index in [0.29, 0.717) is 17.5 Å². The summed E-state index contributed by atoms with van der Waals surface area (Å²) in [5, 5.41) is 2.84. The van der Waals surface area contributed by atoms with Crippen LogP contribution < -0.4 is 5.32 Å². The number of allylic oxidation sites excluding steroid dienone is 2. The highest BCUT2D eigenvalue weighted by Crippen LogP contribution is 2.65. The molecule has 3 amide bonds. The van der Waals surface area contributed by atoms with Crippen LogP contribution in [0, 0.1) is 42.4 Å². The van der Waals surface area contributed by atoms with Gasteiger partial charge in [-0.15, -0.1) is 0 Å². The number of nitrogens with one attached hydrogen (secondary N) is 1. The van der Waals surface area contributed by atoms with Crippen molar-refractivity contribution in [1.82, 2.24) is 4.90 Å². The maximum atomic E-state index is 13.0. The van der Waals surface area contributed by atoms with Gasteiger partial charge in [-0.25, -0.2) is 0 Å². The minimum absolute atomic E-state index is 0.156. The molecular weight excluding hydrogens is 328 g/mol. The number of hydrogen-bond acceptors (Lipinski definition) is 3. The molecule has 4 aliphatic carbocycles. The van der Waals surface area contributed by atoms with Crippen molar-refractivity contribution in [2.75, 3.05) is 5.32 Å². The summed E-state index contributed by atoms with van der Waals surface area (Å²) in [6.45, 7) is 3.60. The molecule has 1 aromatic carbocycles. The van der Waals surface area contributed by atoms with Crippen molar-refractivity contribution in [3.8, 4) is 0 Å². The zero-order valence-corrected chi connectivity index (χ0v) is 14.9. The van der Waals surface area contributed by atoms with Crippen molar-refractivity contribution in [3.05, 3.63) is 42.0 Å². The quantitative estimate of drug-likeness (QED) is 0.672. The van der Waals surface area contributed by atoms with E-state index in [-0.39, 0.29) is 41.4 Å². The molecule has 0 radical (unpaired) electrons. The van der Waals surface area contributed by atoms with E-state index in [9.17, 15) is 14.4 Å². The number of aryl methyl sites for hydroxylation is 1. The van der Waals surface area contributed by atoms with Crippen molar-refractivity contribution in [2.24, 2.45) is 35.5 Å². The van der Waals surface area contributed by atoms with E-state index in [0.717, 1.165) is 12.0 Å². The van der Waals surface area contributed by atoms with E-state index in [1.807, 2.05) is 31.2 Å². The summed E-state index contributed by atoms with van der Waals surface area (Å²) < 4.78 is 0. The van der Waals surface area contributed by atoms with Crippen LogP contribution in [0.4, 0.5) is 5.69 Å². The van der Waals surface area contributed by atoms with Crippen molar-refractivity contribution in [1.29, 1.82) is 0 Å². The lowest BCUT2D eigenvalue weighted by molar-refractivity contribution is -0.146. The summed E-state index contributed by atoms with van der Waals surface area (Å²) in [6, 6.07) is 6.70. The molecule has 0 spiro atoms. The number of nitrogens with zero attached hydrogens (tertiary/aromatic N) is 1. The summed E-state index contributed by atoms with van der Waals surface area (Å²) in [7, 11) is 0. The van der Waals surface area contributed by atoms with E-state index in [1.54, 1.807) is 6.92 Å². The highest BCUT2D eigenvalue weighted by molar-refractivity contribution is 6.10. The van der Waals surface area contributed by atoms with Crippen LogP contribution in [0.1, 0.15) is 18.9 Å². The van der Waals surface area contributed by atoms with Gasteiger partial charge < -0.3 is 5.32 Å². The van der Waals surface area contributed by atoms with Crippen LogP contribution in [0.5, 0.6) is 0 Å². The second-order valence-electron chi connectivity index (χ2n) is 8.24. The van der Waals surface area contributed by atoms with Gasteiger partial charge in [0.2, 0.25) is 17.7 Å². The Kier molecular flexibility index (Phi) is 3.21. The number of rotatable bonds is 3. The zero-order valence-electron chi connectivity index (χ0n) is 14.9. The fourth-order valence-corrected chi connectivity index (χ4v) is 5.45. The van der Waals surface area contributed by atoms with E-state index < -0.39 is 6.04 Å². The van der Waals surface area contributed by atoms with Gasteiger partial charge >= 0.3 is 0 Å². The minimum Gasteiger partial charge on any atom is -0.324 e. The van der Waals surface area contributed by atoms with E-state index in [4.69, 9.17) is 0 Å². The second kappa shape index (κ2) is 5.29. The molecule has 3 fully saturated rings. The van der Waals surface area contributed by atoms with Crippen LogP contribution in [-0.4, -0.2) is 28.7 Å². The van der Waals surface area contributed by atoms with E-state index >= 15 is 0 Å². The van der Waals surface area contributed by atoms with Crippen molar-refractivity contribution in [2.45, 2.75) is 26.3 Å². The summed E-state index contributed by atoms with van der Waals surface area (Å²) in [6.07, 6.45) is 5.43. The van der Waals surface area contributed by atoms with Gasteiger partial charge in [0, 0.05) is 5.69 Å². The van der Waals surface area contributed by atoms with Gasteiger partial charge in [0.15, 0.2) is 0 Å². The van der Waals surface area contributed by atoms with Crippen LogP contribution in [0.15, 0.2) is 36.4 Å². The molecule has 7 atom stereocenters. The predicted molar refractivity (Wildman–Crippen MR) is 95.8 cm³/mol. The summed E-state index contributed by atoms with van der Waals surface area (Å²) in [5.41, 5.74) is 1.72. The number of carbonyl (C=O) groups is 3. The number of benzene rings is 1. The first-order valence-corrected chi connectivity index (χ1v) is 9.40. The summed E-state index contributed by atoms with van der Waals surface area (Å²) >= 11 is 0. The SMILES string of the molecule is Cc1cccc(NC(=O)[C@H](C)N2C(=O)[C@@H]3[C@H]4C=C[C@@H]([C@@H]5C[C@@H]45)[C@@H]3C2=O)c1. The first-order chi connectivity index (χ1) is 12.5. The van der Waals surface area contributed by atoms with Gasteiger partial charge in [-0.2, -0.15) is 0 Å². The zero-order chi connectivity index (χ0) is 18.2. The molecule has 26 heavy (non-hydrogen) atoms. The monoisotopic (exact) mass is 350 g/mol. The molecule has 1 aliphatic heterocycles. The maximum absolute atomic E-state index is 13.0. The molecule has 2 bridgehead atoms. The Labute approximate surface area is 152 Å². The Hall–Kier alpha value is -2.43. The molecule has 1 saturated heterocycles. The summed E-state index contributed by atoms with van der Waals surface area (Å²) in [4.78, 5) is 40.0. The summed E-state index contributed by atoms with van der Waals surface area (Å²) in [5.74, 6) is 0.367. The molecule has 1 N–H and O–H groups in total. The highest BCUT2D eigenvalue weighted by Gasteiger charge is 2.67. The van der Waals surface area contributed by atoms with Crippen molar-refractivity contribution >= 4 is 23.4 Å². The molecule has 6 rings (SSSR count). The van der Waals surface area contributed by atoms with Gasteiger partial charge in [-0.3, -0.25) is 19.3 Å². The normalized spacial score (nSPS) is 37.4. The molecule has 134 valence electrons. The van der Waals surface area contributed by atoms with Crippen LogP contribution in [0.3, 0.4) is 0 Å². The molecule has 5 nitrogen and oxygen atoms in total. The molecule has 1 aromatic rings. The Morgan fingerprint density at radius 1 is 1.12 bits per heavy atom. The van der Waals surface area contributed by atoms with Crippen molar-refractivity contribution < 1.29 is 14.4 Å². The van der Waals surface area contributed by atoms with Gasteiger partial charge in [0.1, 0.15) is 6.04 Å². The number of imide groups is 1. The molecule has 1 heterocycles. The topological polar surface area (TPSA) is 66.5 Å². The second-order valence-corrected chi connectivity index (χ2v) is 8.24. The van der Waals surface area contributed by atoms with Gasteiger partial charge in [-0.1, -0.05) is 24.3 Å². The largest absolute Gasteiger partial charge is 0.324 e. The van der Waals surface area contributed by atoms with Crippen LogP contribution >= 0.6 is 0 Å². The third-order valence-electron chi connectivity index (χ3n) is 6.75. The lowest BCUT2D eigenvalue weighted by Crippen LogP contribution is -2.46. The number of anilines is 1. The molecule has 0 aromatic heterocycles. The minimum atomic E-state index is -0.795. The maximum Gasteiger partial charge on any atom is 0.247 e. The Morgan fingerprint density at radius 2 is 1.73 bits per heavy atom. The van der Waals surface area contributed by atoms with Crippen LogP contribution in [0.2, 0.25) is 0 Å². The number of hydrogen-bond donors (Lipinski definition) is 1. The molecule has 5 heteroatoms. The lowest BCUT2D eigenvalue weighted by atomic mass is 9.63. The number of likely N-dealkylation sites (tertiary alicyclic amines) is 1. The fourth-order valence-electron chi connectivity index (χ4n) is 5.45. The van der Waals surface area contributed by atoms with E-state index in [2.05, 4.69) is 17.5 Å². The van der Waals surface area contributed by atoms with E-state index in [1.165, 1.54) is 4.90 Å². The first kappa shape index (κ1) is 15.8. The van der Waals surface area contributed by atoms with Crippen LogP contribution in [-0.2, 0) is 14.4 Å². The smallest absolute Gasteiger partial charge is 0.247 e. The number of amides is 3. The van der Waals surface area contributed by atoms with Crippen LogP contribution in [0.25, 0.3) is 0 Å². The predicted octanol–water partition coefficient (Wildman–Crippen LogP) is 2.38. The average molecular weight is 350 g/mol. The molecule has 5 aliphatic rings. The third kappa shape index (κ3) is 2.06. The molecular formula is C21H22N2O3. The Bertz CT molecular complexity index is 825. The average Bonchev–Trinajstić information content (AvgIpc) is 3.39. The first-order valence-electron chi connectivity index (χ1n) is 9.40. The highest BCUT2D eigenvalue weighted by atomic mass is 16.2. The standard InChI is InChI=1S/C21H22N2O3/c1-10-4-3-5-12(8-10)22-19(24)11(2)23-20(25)17-13-6-7-14(16-9-15(13)16)18(17)21(23)26/h3-8,11,13-18H,9H2,1-2H3,(H,22,24)/t11-,13-,14-,15-,16-,17-,18+/m0/s1. The number of carbonyl (C=O) groups excluding carboxylic acids is 3.